The minimum atomic E-state index is -0.0448. The smallest absolute Gasteiger partial charge is 0.274 e. The van der Waals surface area contributed by atoms with Crippen molar-refractivity contribution in [3.63, 3.8) is 0 Å². The van der Waals surface area contributed by atoms with E-state index in [0.717, 1.165) is 26.2 Å². The van der Waals surface area contributed by atoms with E-state index >= 15 is 0 Å². The van der Waals surface area contributed by atoms with Crippen molar-refractivity contribution in [2.24, 2.45) is 0 Å². The molecule has 1 saturated heterocycles. The largest absolute Gasteiger partial charge is 0.372 e. The standard InChI is InChI=1S/C10H15N5O/c1-11-9-3-2-8(13-14-9)10(16)15-6-4-12-5-7-15/h2-3,12H,4-7H2,1H3,(H,11,14). The Hall–Kier alpha value is -1.69. The molecule has 0 spiro atoms. The number of hydrogen-bond acceptors (Lipinski definition) is 5. The van der Waals surface area contributed by atoms with Crippen molar-refractivity contribution >= 4 is 11.7 Å². The van der Waals surface area contributed by atoms with Crippen molar-refractivity contribution in [1.29, 1.82) is 0 Å². The highest BCUT2D eigenvalue weighted by atomic mass is 16.2. The molecule has 0 atom stereocenters. The first-order valence-electron chi connectivity index (χ1n) is 5.33. The summed E-state index contributed by atoms with van der Waals surface area (Å²) in [4.78, 5) is 13.8. The third-order valence-corrected chi connectivity index (χ3v) is 2.54. The molecule has 16 heavy (non-hydrogen) atoms. The van der Waals surface area contributed by atoms with E-state index in [1.807, 2.05) is 0 Å². The first-order valence-corrected chi connectivity index (χ1v) is 5.33. The minimum Gasteiger partial charge on any atom is -0.372 e. The SMILES string of the molecule is CNc1ccc(C(=O)N2CCNCC2)nn1. The first kappa shape index (κ1) is 10.8. The number of rotatable bonds is 2. The van der Waals surface area contributed by atoms with Crippen LogP contribution in [0.1, 0.15) is 10.5 Å². The molecule has 6 heteroatoms. The fourth-order valence-electron chi connectivity index (χ4n) is 1.61. The predicted molar refractivity (Wildman–Crippen MR) is 60.4 cm³/mol. The van der Waals surface area contributed by atoms with Crippen molar-refractivity contribution in [1.82, 2.24) is 20.4 Å². The molecular weight excluding hydrogens is 206 g/mol. The van der Waals surface area contributed by atoms with Gasteiger partial charge in [0.05, 0.1) is 0 Å². The van der Waals surface area contributed by atoms with Crippen molar-refractivity contribution in [3.05, 3.63) is 17.8 Å². The van der Waals surface area contributed by atoms with E-state index in [1.165, 1.54) is 0 Å². The number of carbonyl (C=O) groups is 1. The van der Waals surface area contributed by atoms with Crippen molar-refractivity contribution < 1.29 is 4.79 Å². The molecule has 0 aliphatic carbocycles. The summed E-state index contributed by atoms with van der Waals surface area (Å²) in [6.45, 7) is 3.14. The number of carbonyl (C=O) groups excluding carboxylic acids is 1. The summed E-state index contributed by atoms with van der Waals surface area (Å²) in [6.07, 6.45) is 0. The molecule has 86 valence electrons. The molecule has 0 radical (unpaired) electrons. The van der Waals surface area contributed by atoms with Gasteiger partial charge in [-0.15, -0.1) is 10.2 Å². The van der Waals surface area contributed by atoms with Crippen LogP contribution in [0.5, 0.6) is 0 Å². The molecule has 0 unspecified atom stereocenters. The molecule has 1 fully saturated rings. The zero-order chi connectivity index (χ0) is 11.4. The van der Waals surface area contributed by atoms with Gasteiger partial charge < -0.3 is 15.5 Å². The number of amides is 1. The maximum Gasteiger partial charge on any atom is 0.274 e. The molecule has 0 aromatic carbocycles. The molecule has 1 aromatic heterocycles. The Morgan fingerprint density at radius 1 is 1.38 bits per heavy atom. The Morgan fingerprint density at radius 3 is 2.69 bits per heavy atom. The van der Waals surface area contributed by atoms with Crippen LogP contribution < -0.4 is 10.6 Å². The summed E-state index contributed by atoms with van der Waals surface area (Å²) in [5.41, 5.74) is 0.404. The van der Waals surface area contributed by atoms with E-state index in [4.69, 9.17) is 0 Å². The van der Waals surface area contributed by atoms with Gasteiger partial charge in [-0.25, -0.2) is 0 Å². The second-order valence-corrected chi connectivity index (χ2v) is 3.60. The third kappa shape index (κ3) is 2.27. The van der Waals surface area contributed by atoms with Gasteiger partial charge in [0.15, 0.2) is 5.69 Å². The van der Waals surface area contributed by atoms with Crippen LogP contribution in [0.4, 0.5) is 5.82 Å². The second-order valence-electron chi connectivity index (χ2n) is 3.60. The Morgan fingerprint density at radius 2 is 2.12 bits per heavy atom. The molecule has 6 nitrogen and oxygen atoms in total. The maximum absolute atomic E-state index is 12.0. The zero-order valence-electron chi connectivity index (χ0n) is 9.23. The van der Waals surface area contributed by atoms with Crippen molar-refractivity contribution in [2.45, 2.75) is 0 Å². The summed E-state index contributed by atoms with van der Waals surface area (Å²) >= 11 is 0. The van der Waals surface area contributed by atoms with Crippen LogP contribution in [0, 0.1) is 0 Å². The van der Waals surface area contributed by atoms with E-state index < -0.39 is 0 Å². The third-order valence-electron chi connectivity index (χ3n) is 2.54. The van der Waals surface area contributed by atoms with Crippen molar-refractivity contribution in [2.75, 3.05) is 38.5 Å². The lowest BCUT2D eigenvalue weighted by Crippen LogP contribution is -2.46. The van der Waals surface area contributed by atoms with Gasteiger partial charge in [-0.3, -0.25) is 4.79 Å². The van der Waals surface area contributed by atoms with E-state index in [1.54, 1.807) is 24.1 Å². The fourth-order valence-corrected chi connectivity index (χ4v) is 1.61. The van der Waals surface area contributed by atoms with Gasteiger partial charge in [0.1, 0.15) is 5.82 Å². The van der Waals surface area contributed by atoms with Crippen LogP contribution in [-0.2, 0) is 0 Å². The average Bonchev–Trinajstić information content (AvgIpc) is 2.39. The normalized spacial score (nSPS) is 15.9. The van der Waals surface area contributed by atoms with E-state index in [9.17, 15) is 4.79 Å². The Labute approximate surface area is 94.0 Å². The van der Waals surface area contributed by atoms with Gasteiger partial charge in [-0.05, 0) is 12.1 Å². The van der Waals surface area contributed by atoms with E-state index in [0.29, 0.717) is 11.5 Å². The van der Waals surface area contributed by atoms with Crippen molar-refractivity contribution in [3.8, 4) is 0 Å². The second kappa shape index (κ2) is 4.89. The number of aromatic nitrogens is 2. The van der Waals surface area contributed by atoms with Crippen LogP contribution in [0.15, 0.2) is 12.1 Å². The quantitative estimate of drug-likeness (QED) is 0.708. The molecule has 2 rings (SSSR count). The number of nitrogens with zero attached hydrogens (tertiary/aromatic N) is 3. The number of piperazine rings is 1. The Balaban J connectivity index is 2.07. The summed E-state index contributed by atoms with van der Waals surface area (Å²) < 4.78 is 0. The molecular formula is C10H15N5O. The molecule has 1 aliphatic rings. The fraction of sp³-hybridized carbons (Fsp3) is 0.500. The van der Waals surface area contributed by atoms with E-state index in [2.05, 4.69) is 20.8 Å². The van der Waals surface area contributed by atoms with Gasteiger partial charge in [0.2, 0.25) is 0 Å². The van der Waals surface area contributed by atoms with Gasteiger partial charge in [0, 0.05) is 33.2 Å². The van der Waals surface area contributed by atoms with Gasteiger partial charge in [-0.1, -0.05) is 0 Å². The molecule has 2 heterocycles. The minimum absolute atomic E-state index is 0.0448. The molecule has 2 N–H and O–H groups in total. The lowest BCUT2D eigenvalue weighted by Gasteiger charge is -2.26. The zero-order valence-corrected chi connectivity index (χ0v) is 9.23. The highest BCUT2D eigenvalue weighted by Crippen LogP contribution is 2.05. The monoisotopic (exact) mass is 221 g/mol. The Bertz CT molecular complexity index is 358. The highest BCUT2D eigenvalue weighted by molar-refractivity contribution is 5.92. The molecule has 1 aliphatic heterocycles. The van der Waals surface area contributed by atoms with Crippen LogP contribution >= 0.6 is 0 Å². The summed E-state index contributed by atoms with van der Waals surface area (Å²) in [6, 6.07) is 3.45. The van der Waals surface area contributed by atoms with Crippen LogP contribution in [0.3, 0.4) is 0 Å². The number of hydrogen-bond donors (Lipinski definition) is 2. The predicted octanol–water partition coefficient (Wildman–Crippen LogP) is -0.436. The van der Waals surface area contributed by atoms with Gasteiger partial charge in [-0.2, -0.15) is 0 Å². The van der Waals surface area contributed by atoms with E-state index in [-0.39, 0.29) is 5.91 Å². The lowest BCUT2D eigenvalue weighted by atomic mass is 10.3. The van der Waals surface area contributed by atoms with Crippen LogP contribution in [0.25, 0.3) is 0 Å². The maximum atomic E-state index is 12.0. The van der Waals surface area contributed by atoms with Gasteiger partial charge >= 0.3 is 0 Å². The van der Waals surface area contributed by atoms with Crippen LogP contribution in [0.2, 0.25) is 0 Å². The average molecular weight is 221 g/mol. The summed E-state index contributed by atoms with van der Waals surface area (Å²) in [5.74, 6) is 0.619. The lowest BCUT2D eigenvalue weighted by molar-refractivity contribution is 0.0728. The highest BCUT2D eigenvalue weighted by Gasteiger charge is 2.19. The van der Waals surface area contributed by atoms with Crippen LogP contribution in [-0.4, -0.2) is 54.2 Å². The molecule has 1 amide bonds. The molecule has 1 aromatic rings. The number of anilines is 1. The number of nitrogens with one attached hydrogen (secondary N) is 2. The molecule has 0 bridgehead atoms. The van der Waals surface area contributed by atoms with Gasteiger partial charge in [0.25, 0.3) is 5.91 Å². The molecule has 0 saturated carbocycles. The first-order chi connectivity index (χ1) is 7.81. The summed E-state index contributed by atoms with van der Waals surface area (Å²) in [5, 5.41) is 13.9. The Kier molecular flexibility index (Phi) is 3.31. The topological polar surface area (TPSA) is 70.2 Å². The summed E-state index contributed by atoms with van der Waals surface area (Å²) in [7, 11) is 1.77.